The molecular formula is C15H15NO2. The van der Waals surface area contributed by atoms with E-state index in [0.29, 0.717) is 0 Å². The summed E-state index contributed by atoms with van der Waals surface area (Å²) in [5.74, 6) is -0.555. The largest absolute Gasteiger partial charge is 0.481 e. The number of benzene rings is 1. The van der Waals surface area contributed by atoms with Crippen LogP contribution in [0.2, 0.25) is 0 Å². The van der Waals surface area contributed by atoms with Crippen molar-refractivity contribution in [3.8, 4) is 0 Å². The Kier molecular flexibility index (Phi) is 1.91. The Morgan fingerprint density at radius 3 is 3.06 bits per heavy atom. The molecule has 1 aliphatic heterocycles. The highest BCUT2D eigenvalue weighted by Gasteiger charge is 2.44. The topological polar surface area (TPSA) is 42.2 Å². The van der Waals surface area contributed by atoms with Crippen molar-refractivity contribution < 1.29 is 9.90 Å². The van der Waals surface area contributed by atoms with Crippen molar-refractivity contribution in [1.82, 2.24) is 4.57 Å². The van der Waals surface area contributed by atoms with E-state index in [1.54, 1.807) is 0 Å². The van der Waals surface area contributed by atoms with E-state index in [-0.39, 0.29) is 11.8 Å². The van der Waals surface area contributed by atoms with E-state index in [0.717, 1.165) is 19.4 Å². The highest BCUT2D eigenvalue weighted by atomic mass is 16.4. The summed E-state index contributed by atoms with van der Waals surface area (Å²) in [5, 5.41) is 10.3. The average Bonchev–Trinajstić information content (AvgIpc) is 3.07. The average molecular weight is 241 g/mol. The minimum absolute atomic E-state index is 0.152. The molecule has 1 aliphatic carbocycles. The van der Waals surface area contributed by atoms with Crippen molar-refractivity contribution in [3.05, 3.63) is 35.5 Å². The second-order valence-corrected chi connectivity index (χ2v) is 5.52. The lowest BCUT2D eigenvalue weighted by Gasteiger charge is -2.16. The van der Waals surface area contributed by atoms with Gasteiger partial charge in [-0.25, -0.2) is 0 Å². The minimum atomic E-state index is -0.647. The fourth-order valence-corrected chi connectivity index (χ4v) is 3.33. The Morgan fingerprint density at radius 2 is 2.28 bits per heavy atom. The van der Waals surface area contributed by atoms with Gasteiger partial charge in [0, 0.05) is 18.1 Å². The number of carbonyl (C=O) groups is 1. The zero-order valence-electron chi connectivity index (χ0n) is 10.1. The normalized spacial score (nSPS) is 25.3. The van der Waals surface area contributed by atoms with Gasteiger partial charge < -0.3 is 9.67 Å². The third-order valence-electron chi connectivity index (χ3n) is 4.34. The highest BCUT2D eigenvalue weighted by Crippen LogP contribution is 2.48. The lowest BCUT2D eigenvalue weighted by atomic mass is 9.98. The summed E-state index contributed by atoms with van der Waals surface area (Å²) in [6.45, 7) is 1.11. The molecule has 1 saturated carbocycles. The van der Waals surface area contributed by atoms with Crippen LogP contribution in [-0.4, -0.2) is 15.6 Å². The first-order valence-electron chi connectivity index (χ1n) is 6.58. The molecule has 2 aliphatic rings. The molecule has 92 valence electrons. The van der Waals surface area contributed by atoms with Gasteiger partial charge in [-0.2, -0.15) is 0 Å². The third kappa shape index (κ3) is 1.33. The van der Waals surface area contributed by atoms with Gasteiger partial charge in [0.15, 0.2) is 0 Å². The van der Waals surface area contributed by atoms with E-state index in [4.69, 9.17) is 5.11 Å². The zero-order chi connectivity index (χ0) is 12.3. The Hall–Kier alpha value is -1.77. The van der Waals surface area contributed by atoms with Gasteiger partial charge in [-0.15, -0.1) is 0 Å². The summed E-state index contributed by atoms with van der Waals surface area (Å²) in [7, 11) is 0. The Bertz CT molecular complexity index is 656. The predicted octanol–water partition coefficient (Wildman–Crippen LogP) is 2.78. The number of hydrogen-bond donors (Lipinski definition) is 1. The van der Waals surface area contributed by atoms with E-state index in [1.165, 1.54) is 28.5 Å². The van der Waals surface area contributed by atoms with Crippen LogP contribution in [0.5, 0.6) is 0 Å². The Labute approximate surface area is 105 Å². The van der Waals surface area contributed by atoms with Crippen LogP contribution in [-0.2, 0) is 17.8 Å². The van der Waals surface area contributed by atoms with Crippen molar-refractivity contribution in [3.63, 3.8) is 0 Å². The van der Waals surface area contributed by atoms with E-state index in [2.05, 4.69) is 29.0 Å². The summed E-state index contributed by atoms with van der Waals surface area (Å²) in [6, 6.07) is 6.59. The number of aromatic nitrogens is 1. The lowest BCUT2D eigenvalue weighted by Crippen LogP contribution is -2.07. The van der Waals surface area contributed by atoms with Gasteiger partial charge in [0.05, 0.1) is 11.4 Å². The van der Waals surface area contributed by atoms with E-state index >= 15 is 0 Å². The maximum Gasteiger partial charge on any atom is 0.307 e. The fraction of sp³-hybridized carbons (Fsp3) is 0.400. The van der Waals surface area contributed by atoms with Crippen molar-refractivity contribution in [2.45, 2.75) is 31.7 Å². The molecule has 0 bridgehead atoms. The molecule has 0 radical (unpaired) electrons. The van der Waals surface area contributed by atoms with Crippen molar-refractivity contribution in [2.24, 2.45) is 5.92 Å². The number of carboxylic acids is 1. The maximum absolute atomic E-state index is 11.0. The molecule has 3 nitrogen and oxygen atoms in total. The molecule has 2 atom stereocenters. The molecule has 2 unspecified atom stereocenters. The smallest absolute Gasteiger partial charge is 0.307 e. The van der Waals surface area contributed by atoms with Crippen LogP contribution < -0.4 is 0 Å². The monoisotopic (exact) mass is 241 g/mol. The summed E-state index contributed by atoms with van der Waals surface area (Å²) < 4.78 is 2.32. The summed E-state index contributed by atoms with van der Waals surface area (Å²) in [4.78, 5) is 11.0. The predicted molar refractivity (Wildman–Crippen MR) is 68.7 cm³/mol. The molecule has 2 aromatic rings. The summed E-state index contributed by atoms with van der Waals surface area (Å²) >= 11 is 0. The standard InChI is InChI=1S/C15H15NO2/c17-15(18)13-8-12(13)11-6-9-2-1-4-16-5-3-10(7-11)14(9)16/h3,5-7,12-13H,1-2,4,8H2,(H,17,18). The molecule has 1 fully saturated rings. The van der Waals surface area contributed by atoms with Crippen molar-refractivity contribution in [2.75, 3.05) is 0 Å². The van der Waals surface area contributed by atoms with Crippen LogP contribution in [0.1, 0.15) is 29.9 Å². The molecule has 2 heterocycles. The quantitative estimate of drug-likeness (QED) is 0.878. The second kappa shape index (κ2) is 3.37. The van der Waals surface area contributed by atoms with Gasteiger partial charge >= 0.3 is 5.97 Å². The molecule has 1 aromatic heterocycles. The number of nitrogens with zero attached hydrogens (tertiary/aromatic N) is 1. The van der Waals surface area contributed by atoms with Gasteiger partial charge in [-0.1, -0.05) is 6.07 Å². The maximum atomic E-state index is 11.0. The van der Waals surface area contributed by atoms with Crippen molar-refractivity contribution in [1.29, 1.82) is 0 Å². The van der Waals surface area contributed by atoms with E-state index in [9.17, 15) is 4.79 Å². The van der Waals surface area contributed by atoms with E-state index in [1.807, 2.05) is 0 Å². The second-order valence-electron chi connectivity index (χ2n) is 5.52. The molecule has 1 N–H and O–H groups in total. The third-order valence-corrected chi connectivity index (χ3v) is 4.34. The van der Waals surface area contributed by atoms with Crippen LogP contribution in [0.25, 0.3) is 10.9 Å². The number of rotatable bonds is 2. The van der Waals surface area contributed by atoms with Gasteiger partial charge in [-0.05, 0) is 48.4 Å². The van der Waals surface area contributed by atoms with E-state index < -0.39 is 5.97 Å². The molecule has 3 heteroatoms. The SMILES string of the molecule is O=C(O)C1CC1c1cc2c3c(ccn3CCC2)c1. The molecule has 18 heavy (non-hydrogen) atoms. The molecule has 0 spiro atoms. The molecule has 0 saturated heterocycles. The first-order valence-corrected chi connectivity index (χ1v) is 6.58. The molecule has 4 rings (SSSR count). The summed E-state index contributed by atoms with van der Waals surface area (Å²) in [6.07, 6.45) is 5.27. The zero-order valence-corrected chi connectivity index (χ0v) is 10.1. The first-order chi connectivity index (χ1) is 8.74. The van der Waals surface area contributed by atoms with Crippen LogP contribution in [0.15, 0.2) is 24.4 Å². The van der Waals surface area contributed by atoms with Gasteiger partial charge in [0.25, 0.3) is 0 Å². The number of hydrogen-bond acceptors (Lipinski definition) is 1. The fourth-order valence-electron chi connectivity index (χ4n) is 3.33. The first kappa shape index (κ1) is 10.2. The van der Waals surface area contributed by atoms with Gasteiger partial charge in [0.2, 0.25) is 0 Å². The van der Waals surface area contributed by atoms with Crippen LogP contribution in [0.4, 0.5) is 0 Å². The summed E-state index contributed by atoms with van der Waals surface area (Å²) in [5.41, 5.74) is 3.98. The molecule has 1 aromatic carbocycles. The van der Waals surface area contributed by atoms with Gasteiger partial charge in [-0.3, -0.25) is 4.79 Å². The Balaban J connectivity index is 1.82. The molecule has 0 amide bonds. The lowest BCUT2D eigenvalue weighted by molar-refractivity contribution is -0.138. The number of aryl methyl sites for hydroxylation is 2. The Morgan fingerprint density at radius 1 is 1.39 bits per heavy atom. The number of aliphatic carboxylic acids is 1. The van der Waals surface area contributed by atoms with Crippen molar-refractivity contribution >= 4 is 16.9 Å². The number of carboxylic acid groups (broad SMARTS) is 1. The van der Waals surface area contributed by atoms with Crippen LogP contribution >= 0.6 is 0 Å². The van der Waals surface area contributed by atoms with Crippen LogP contribution in [0.3, 0.4) is 0 Å². The van der Waals surface area contributed by atoms with Crippen LogP contribution in [0, 0.1) is 5.92 Å². The van der Waals surface area contributed by atoms with Gasteiger partial charge in [0.1, 0.15) is 0 Å². The highest BCUT2D eigenvalue weighted by molar-refractivity contribution is 5.85. The molecular weight excluding hydrogens is 226 g/mol. The minimum Gasteiger partial charge on any atom is -0.481 e.